The molecule has 1 aromatic heterocycles. The summed E-state index contributed by atoms with van der Waals surface area (Å²) in [5.74, 6) is -0.221. The minimum absolute atomic E-state index is 0.364. The zero-order valence-electron chi connectivity index (χ0n) is 11.7. The first-order chi connectivity index (χ1) is 9.15. The van der Waals surface area contributed by atoms with Crippen LogP contribution in [-0.4, -0.2) is 28.6 Å². The fourth-order valence-corrected chi connectivity index (χ4v) is 2.91. The third-order valence-electron chi connectivity index (χ3n) is 3.97. The SMILES string of the molecule is CCC1CCCCCN1c1nccc(C)c1C(=O)O. The fraction of sp³-hybridized carbons (Fsp3) is 0.600. The van der Waals surface area contributed by atoms with E-state index in [1.807, 2.05) is 6.92 Å². The second-order valence-electron chi connectivity index (χ2n) is 5.24. The number of aromatic nitrogens is 1. The summed E-state index contributed by atoms with van der Waals surface area (Å²) in [7, 11) is 0. The van der Waals surface area contributed by atoms with Crippen LogP contribution in [0.5, 0.6) is 0 Å². The highest BCUT2D eigenvalue weighted by Gasteiger charge is 2.25. The van der Waals surface area contributed by atoms with Gasteiger partial charge in [-0.15, -0.1) is 0 Å². The van der Waals surface area contributed by atoms with Crippen molar-refractivity contribution < 1.29 is 9.90 Å². The predicted molar refractivity (Wildman–Crippen MR) is 75.8 cm³/mol. The molecule has 1 fully saturated rings. The van der Waals surface area contributed by atoms with Gasteiger partial charge in [-0.1, -0.05) is 19.8 Å². The van der Waals surface area contributed by atoms with E-state index in [-0.39, 0.29) is 0 Å². The Morgan fingerprint density at radius 2 is 2.26 bits per heavy atom. The smallest absolute Gasteiger partial charge is 0.339 e. The first-order valence-electron chi connectivity index (χ1n) is 7.10. The molecule has 2 heterocycles. The Bertz CT molecular complexity index is 459. The molecule has 4 nitrogen and oxygen atoms in total. The molecule has 1 saturated heterocycles. The topological polar surface area (TPSA) is 53.4 Å². The van der Waals surface area contributed by atoms with Crippen molar-refractivity contribution in [2.75, 3.05) is 11.4 Å². The lowest BCUT2D eigenvalue weighted by atomic mass is 10.1. The van der Waals surface area contributed by atoms with Crippen molar-refractivity contribution in [1.82, 2.24) is 4.98 Å². The lowest BCUT2D eigenvalue weighted by Crippen LogP contribution is -2.36. The van der Waals surface area contributed by atoms with Gasteiger partial charge in [-0.25, -0.2) is 9.78 Å². The van der Waals surface area contributed by atoms with Crippen LogP contribution >= 0.6 is 0 Å². The van der Waals surface area contributed by atoms with Gasteiger partial charge in [0.15, 0.2) is 0 Å². The molecule has 2 rings (SSSR count). The molecule has 104 valence electrons. The third-order valence-corrected chi connectivity index (χ3v) is 3.97. The maximum absolute atomic E-state index is 11.5. The fourth-order valence-electron chi connectivity index (χ4n) is 2.91. The van der Waals surface area contributed by atoms with E-state index >= 15 is 0 Å². The summed E-state index contributed by atoms with van der Waals surface area (Å²) < 4.78 is 0. The second kappa shape index (κ2) is 6.04. The van der Waals surface area contributed by atoms with Crippen LogP contribution in [0.15, 0.2) is 12.3 Å². The third kappa shape index (κ3) is 2.88. The van der Waals surface area contributed by atoms with Crippen LogP contribution < -0.4 is 4.90 Å². The first-order valence-corrected chi connectivity index (χ1v) is 7.10. The molecule has 0 spiro atoms. The maximum atomic E-state index is 11.5. The molecule has 1 aliphatic heterocycles. The van der Waals surface area contributed by atoms with Crippen LogP contribution in [0.25, 0.3) is 0 Å². The summed E-state index contributed by atoms with van der Waals surface area (Å²) in [6.45, 7) is 4.92. The van der Waals surface area contributed by atoms with Gasteiger partial charge in [0, 0.05) is 18.8 Å². The molecule has 4 heteroatoms. The van der Waals surface area contributed by atoms with E-state index in [9.17, 15) is 9.90 Å². The molecule has 1 aliphatic rings. The standard InChI is InChI=1S/C15H22N2O2/c1-3-12-7-5-4-6-10-17(12)14-13(15(18)19)11(2)8-9-16-14/h8-9,12H,3-7,10H2,1-2H3,(H,18,19). The summed E-state index contributed by atoms with van der Waals surface area (Å²) in [6.07, 6.45) is 7.45. The van der Waals surface area contributed by atoms with Crippen molar-refractivity contribution in [3.05, 3.63) is 23.4 Å². The number of carboxylic acid groups (broad SMARTS) is 1. The maximum Gasteiger partial charge on any atom is 0.339 e. The number of pyridine rings is 1. The largest absolute Gasteiger partial charge is 0.478 e. The van der Waals surface area contributed by atoms with E-state index in [0.717, 1.165) is 31.4 Å². The summed E-state index contributed by atoms with van der Waals surface area (Å²) in [5, 5.41) is 9.44. The quantitative estimate of drug-likeness (QED) is 0.908. The summed E-state index contributed by atoms with van der Waals surface area (Å²) in [6, 6.07) is 2.18. The van der Waals surface area contributed by atoms with Crippen molar-refractivity contribution >= 4 is 11.8 Å². The lowest BCUT2D eigenvalue weighted by Gasteiger charge is -2.31. The van der Waals surface area contributed by atoms with Gasteiger partial charge in [-0.05, 0) is 37.8 Å². The van der Waals surface area contributed by atoms with Crippen LogP contribution in [0.2, 0.25) is 0 Å². The molecule has 1 aromatic rings. The zero-order chi connectivity index (χ0) is 13.8. The van der Waals surface area contributed by atoms with Crippen molar-refractivity contribution in [2.24, 2.45) is 0 Å². The number of nitrogens with zero attached hydrogens (tertiary/aromatic N) is 2. The molecule has 0 saturated carbocycles. The van der Waals surface area contributed by atoms with E-state index in [2.05, 4.69) is 16.8 Å². The van der Waals surface area contributed by atoms with Gasteiger partial charge in [0.05, 0.1) is 0 Å². The van der Waals surface area contributed by atoms with Crippen molar-refractivity contribution in [3.8, 4) is 0 Å². The summed E-state index contributed by atoms with van der Waals surface area (Å²) in [5.41, 5.74) is 1.15. The summed E-state index contributed by atoms with van der Waals surface area (Å²) in [4.78, 5) is 18.1. The summed E-state index contributed by atoms with van der Waals surface area (Å²) >= 11 is 0. The number of aryl methyl sites for hydroxylation is 1. The van der Waals surface area contributed by atoms with Crippen molar-refractivity contribution in [2.45, 2.75) is 52.0 Å². The average molecular weight is 262 g/mol. The van der Waals surface area contributed by atoms with Gasteiger partial charge in [-0.3, -0.25) is 0 Å². The Hall–Kier alpha value is -1.58. The van der Waals surface area contributed by atoms with E-state index in [0.29, 0.717) is 17.4 Å². The van der Waals surface area contributed by atoms with Crippen LogP contribution in [0.3, 0.4) is 0 Å². The predicted octanol–water partition coefficient (Wildman–Crippen LogP) is 3.25. The van der Waals surface area contributed by atoms with Crippen molar-refractivity contribution in [3.63, 3.8) is 0 Å². The number of carboxylic acids is 1. The molecule has 1 N–H and O–H groups in total. The number of hydrogen-bond acceptors (Lipinski definition) is 3. The van der Waals surface area contributed by atoms with E-state index in [4.69, 9.17) is 0 Å². The number of hydrogen-bond donors (Lipinski definition) is 1. The van der Waals surface area contributed by atoms with Crippen LogP contribution in [-0.2, 0) is 0 Å². The number of anilines is 1. The minimum atomic E-state index is -0.875. The molecule has 0 radical (unpaired) electrons. The molecule has 0 amide bonds. The number of carbonyl (C=O) groups is 1. The molecular weight excluding hydrogens is 240 g/mol. The first kappa shape index (κ1) is 13.8. The minimum Gasteiger partial charge on any atom is -0.478 e. The van der Waals surface area contributed by atoms with Gasteiger partial charge in [0.25, 0.3) is 0 Å². The van der Waals surface area contributed by atoms with Gasteiger partial charge in [0.2, 0.25) is 0 Å². The highest BCUT2D eigenvalue weighted by atomic mass is 16.4. The highest BCUT2D eigenvalue weighted by Crippen LogP contribution is 2.28. The van der Waals surface area contributed by atoms with E-state index in [1.165, 1.54) is 12.8 Å². The molecule has 1 unspecified atom stereocenters. The molecular formula is C15H22N2O2. The van der Waals surface area contributed by atoms with E-state index < -0.39 is 5.97 Å². The Kier molecular flexibility index (Phi) is 4.40. The second-order valence-corrected chi connectivity index (χ2v) is 5.24. The number of aromatic carboxylic acids is 1. The number of rotatable bonds is 3. The van der Waals surface area contributed by atoms with Gasteiger partial charge in [-0.2, -0.15) is 0 Å². The average Bonchev–Trinajstić information content (AvgIpc) is 2.62. The normalized spacial score (nSPS) is 20.1. The highest BCUT2D eigenvalue weighted by molar-refractivity contribution is 5.95. The van der Waals surface area contributed by atoms with Gasteiger partial charge in [0.1, 0.15) is 11.4 Å². The van der Waals surface area contributed by atoms with Crippen molar-refractivity contribution in [1.29, 1.82) is 0 Å². The van der Waals surface area contributed by atoms with Gasteiger partial charge >= 0.3 is 5.97 Å². The Balaban J connectivity index is 2.43. The monoisotopic (exact) mass is 262 g/mol. The molecule has 1 atom stereocenters. The Labute approximate surface area is 114 Å². The zero-order valence-corrected chi connectivity index (χ0v) is 11.7. The van der Waals surface area contributed by atoms with Crippen LogP contribution in [0.4, 0.5) is 5.82 Å². The Morgan fingerprint density at radius 1 is 1.47 bits per heavy atom. The molecule has 19 heavy (non-hydrogen) atoms. The Morgan fingerprint density at radius 3 is 2.95 bits per heavy atom. The lowest BCUT2D eigenvalue weighted by molar-refractivity contribution is 0.0696. The molecule has 0 bridgehead atoms. The van der Waals surface area contributed by atoms with Gasteiger partial charge < -0.3 is 10.0 Å². The van der Waals surface area contributed by atoms with Crippen LogP contribution in [0, 0.1) is 6.92 Å². The van der Waals surface area contributed by atoms with E-state index in [1.54, 1.807) is 12.3 Å². The molecule has 0 aliphatic carbocycles. The van der Waals surface area contributed by atoms with Crippen LogP contribution in [0.1, 0.15) is 54.9 Å². The molecule has 0 aromatic carbocycles.